The number of ether oxygens (including phenoxy) is 1. The molecule has 2 N–H and O–H groups in total. The fourth-order valence-corrected chi connectivity index (χ4v) is 5.96. The van der Waals surface area contributed by atoms with Crippen molar-refractivity contribution in [2.45, 2.75) is 32.6 Å². The molecular formula is C32H37FN4O4S. The first-order valence-electron chi connectivity index (χ1n) is 13.6. The number of benzene rings is 3. The molecule has 1 heterocycles. The summed E-state index contributed by atoms with van der Waals surface area (Å²) in [5, 5.41) is 7.61. The number of anilines is 1. The topological polar surface area (TPSA) is 102 Å². The Kier molecular flexibility index (Phi) is 9.18. The van der Waals surface area contributed by atoms with Crippen molar-refractivity contribution in [3.05, 3.63) is 83.3 Å². The van der Waals surface area contributed by atoms with Gasteiger partial charge < -0.3 is 14.6 Å². The molecule has 4 aromatic rings. The van der Waals surface area contributed by atoms with Crippen molar-refractivity contribution in [2.24, 2.45) is 5.10 Å². The van der Waals surface area contributed by atoms with Gasteiger partial charge in [0.2, 0.25) is 0 Å². The van der Waals surface area contributed by atoms with Gasteiger partial charge in [-0.15, -0.1) is 0 Å². The van der Waals surface area contributed by atoms with Crippen LogP contribution in [0, 0.1) is 12.7 Å². The van der Waals surface area contributed by atoms with E-state index in [1.54, 1.807) is 31.4 Å². The zero-order valence-electron chi connectivity index (χ0n) is 24.6. The van der Waals surface area contributed by atoms with Crippen molar-refractivity contribution in [2.75, 3.05) is 37.7 Å². The summed E-state index contributed by atoms with van der Waals surface area (Å²) in [5.74, 6) is -0.580. The van der Waals surface area contributed by atoms with E-state index in [1.165, 1.54) is 18.4 Å². The van der Waals surface area contributed by atoms with E-state index >= 15 is 0 Å². The van der Waals surface area contributed by atoms with Crippen molar-refractivity contribution in [3.8, 4) is 16.8 Å². The minimum atomic E-state index is -3.09. The van der Waals surface area contributed by atoms with E-state index in [1.807, 2.05) is 25.1 Å². The summed E-state index contributed by atoms with van der Waals surface area (Å²) in [6.45, 7) is 10.4. The molecule has 0 unspecified atom stereocenters. The van der Waals surface area contributed by atoms with Crippen molar-refractivity contribution < 1.29 is 22.3 Å². The minimum absolute atomic E-state index is 0.0159. The molecule has 1 aromatic heterocycles. The van der Waals surface area contributed by atoms with Gasteiger partial charge in [0, 0.05) is 59.9 Å². The number of carbonyl (C=O) groups is 1. The maximum Gasteiger partial charge on any atom is 0.251 e. The lowest BCUT2D eigenvalue weighted by atomic mass is 9.84. The monoisotopic (exact) mass is 592 g/mol. The van der Waals surface area contributed by atoms with Crippen LogP contribution in [-0.4, -0.2) is 57.9 Å². The Morgan fingerprint density at radius 2 is 1.76 bits per heavy atom. The molecular weight excluding hydrogens is 555 g/mol. The molecule has 4 rings (SSSR count). The van der Waals surface area contributed by atoms with E-state index in [-0.39, 0.29) is 24.0 Å². The number of sulfone groups is 1. The normalized spacial score (nSPS) is 12.0. The van der Waals surface area contributed by atoms with E-state index in [4.69, 9.17) is 4.74 Å². The Balaban J connectivity index is 1.89. The third-order valence-corrected chi connectivity index (χ3v) is 8.19. The van der Waals surface area contributed by atoms with Crippen LogP contribution in [0.2, 0.25) is 0 Å². The third kappa shape index (κ3) is 6.71. The van der Waals surface area contributed by atoms with Crippen LogP contribution in [0.1, 0.15) is 41.9 Å². The molecule has 42 heavy (non-hydrogen) atoms. The Bertz CT molecular complexity index is 1710. The quantitative estimate of drug-likeness (QED) is 0.122. The molecule has 0 spiro atoms. The second-order valence-corrected chi connectivity index (χ2v) is 13.4. The summed E-state index contributed by atoms with van der Waals surface area (Å²) < 4.78 is 44.6. The zero-order valence-corrected chi connectivity index (χ0v) is 25.4. The summed E-state index contributed by atoms with van der Waals surface area (Å²) in [6, 6.07) is 17.8. The van der Waals surface area contributed by atoms with Crippen LogP contribution in [-0.2, 0) is 20.0 Å². The maximum absolute atomic E-state index is 14.0. The largest absolute Gasteiger partial charge is 0.384 e. The molecule has 222 valence electrons. The van der Waals surface area contributed by atoms with Gasteiger partial charge in [0.25, 0.3) is 5.91 Å². The summed E-state index contributed by atoms with van der Waals surface area (Å²) >= 11 is 0. The van der Waals surface area contributed by atoms with Gasteiger partial charge in [-0.1, -0.05) is 26.0 Å². The summed E-state index contributed by atoms with van der Waals surface area (Å²) in [5.41, 5.74) is 9.26. The van der Waals surface area contributed by atoms with Crippen LogP contribution < -0.4 is 10.7 Å². The van der Waals surface area contributed by atoms with Crippen molar-refractivity contribution in [1.82, 2.24) is 9.88 Å². The average molecular weight is 593 g/mol. The van der Waals surface area contributed by atoms with Gasteiger partial charge in [-0.25, -0.2) is 12.8 Å². The van der Waals surface area contributed by atoms with Crippen LogP contribution in [0.15, 0.2) is 65.8 Å². The van der Waals surface area contributed by atoms with Crippen LogP contribution in [0.3, 0.4) is 0 Å². The smallest absolute Gasteiger partial charge is 0.251 e. The predicted molar refractivity (Wildman–Crippen MR) is 168 cm³/mol. The SMILES string of the molecule is C=NNc1cc2c(-c3ccc(C(=O)NCCCS(C)(=O)=O)cc3)c(C(C)(C)COC)n(-c3ccc(F)cc3)c2cc1C. The second kappa shape index (κ2) is 12.5. The Morgan fingerprint density at radius 1 is 1.10 bits per heavy atom. The van der Waals surface area contributed by atoms with Crippen molar-refractivity contribution in [1.29, 1.82) is 0 Å². The number of rotatable bonds is 12. The number of nitrogens with zero attached hydrogens (tertiary/aromatic N) is 2. The van der Waals surface area contributed by atoms with Crippen LogP contribution in [0.4, 0.5) is 10.1 Å². The van der Waals surface area contributed by atoms with Gasteiger partial charge in [0.1, 0.15) is 15.7 Å². The van der Waals surface area contributed by atoms with Gasteiger partial charge in [-0.3, -0.25) is 10.2 Å². The lowest BCUT2D eigenvalue weighted by Gasteiger charge is -2.28. The zero-order chi connectivity index (χ0) is 30.7. The Labute approximate surface area is 246 Å². The molecule has 0 aliphatic rings. The first-order valence-corrected chi connectivity index (χ1v) is 15.6. The fourth-order valence-electron chi connectivity index (χ4n) is 5.29. The Morgan fingerprint density at radius 3 is 2.36 bits per heavy atom. The third-order valence-electron chi connectivity index (χ3n) is 7.16. The van der Waals surface area contributed by atoms with Crippen LogP contribution in [0.5, 0.6) is 0 Å². The fraction of sp³-hybridized carbons (Fsp3) is 0.312. The number of amides is 1. The molecule has 0 saturated carbocycles. The van der Waals surface area contributed by atoms with Gasteiger partial charge in [-0.05, 0) is 73.0 Å². The van der Waals surface area contributed by atoms with Gasteiger partial charge in [0.15, 0.2) is 0 Å². The molecule has 0 radical (unpaired) electrons. The minimum Gasteiger partial charge on any atom is -0.384 e. The first kappa shape index (κ1) is 30.9. The standard InChI is InChI=1S/C32H37FN4O4S/c1-21-18-28-26(19-27(21)36-34-4)29(22-8-10-23(11-9-22)31(38)35-16-7-17-42(6,39)40)30(32(2,3)20-41-5)37(28)25-14-12-24(33)13-15-25/h8-15,18-19,36H,4,7,16-17,20H2,1-3,5-6H3,(H,35,38). The number of hydrogen-bond acceptors (Lipinski definition) is 6. The number of halogens is 1. The lowest BCUT2D eigenvalue weighted by molar-refractivity contribution is 0.0953. The molecule has 8 nitrogen and oxygen atoms in total. The molecule has 10 heteroatoms. The highest BCUT2D eigenvalue weighted by Gasteiger charge is 2.32. The molecule has 3 aromatic carbocycles. The van der Waals surface area contributed by atoms with E-state index in [2.05, 4.69) is 47.0 Å². The number of nitrogens with one attached hydrogen (secondary N) is 2. The highest BCUT2D eigenvalue weighted by Crippen LogP contribution is 2.44. The number of methoxy groups -OCH3 is 1. The molecule has 0 fully saturated rings. The predicted octanol–water partition coefficient (Wildman–Crippen LogP) is 5.86. The summed E-state index contributed by atoms with van der Waals surface area (Å²) in [7, 11) is -1.42. The van der Waals surface area contributed by atoms with E-state index < -0.39 is 15.3 Å². The highest BCUT2D eigenvalue weighted by atomic mass is 32.2. The van der Waals surface area contributed by atoms with Crippen molar-refractivity contribution in [3.63, 3.8) is 0 Å². The van der Waals surface area contributed by atoms with E-state index in [9.17, 15) is 17.6 Å². The second-order valence-electron chi connectivity index (χ2n) is 11.1. The van der Waals surface area contributed by atoms with E-state index in [0.29, 0.717) is 18.6 Å². The molecule has 0 atom stereocenters. The number of hydrogen-bond donors (Lipinski definition) is 2. The van der Waals surface area contributed by atoms with Crippen LogP contribution >= 0.6 is 0 Å². The number of aryl methyl sites for hydroxylation is 1. The molecule has 0 aliphatic heterocycles. The lowest BCUT2D eigenvalue weighted by Crippen LogP contribution is -2.27. The first-order chi connectivity index (χ1) is 19.9. The van der Waals surface area contributed by atoms with Crippen molar-refractivity contribution >= 4 is 39.1 Å². The van der Waals surface area contributed by atoms with E-state index in [0.717, 1.165) is 44.7 Å². The maximum atomic E-state index is 14.0. The average Bonchev–Trinajstić information content (AvgIpc) is 3.26. The molecule has 0 aliphatic carbocycles. The molecule has 1 amide bonds. The molecule has 0 bridgehead atoms. The van der Waals surface area contributed by atoms with Gasteiger partial charge in [-0.2, -0.15) is 5.10 Å². The van der Waals surface area contributed by atoms with Crippen LogP contribution in [0.25, 0.3) is 27.7 Å². The number of aromatic nitrogens is 1. The van der Waals surface area contributed by atoms with Gasteiger partial charge >= 0.3 is 0 Å². The number of carbonyl (C=O) groups excluding carboxylic acids is 1. The summed E-state index contributed by atoms with van der Waals surface area (Å²) in [6.07, 6.45) is 1.52. The number of hydrazone groups is 1. The van der Waals surface area contributed by atoms with Gasteiger partial charge in [0.05, 0.1) is 23.6 Å². The summed E-state index contributed by atoms with van der Waals surface area (Å²) in [4.78, 5) is 12.8. The molecule has 0 saturated heterocycles. The Hall–Kier alpha value is -4.02. The highest BCUT2D eigenvalue weighted by molar-refractivity contribution is 7.90. The number of fused-ring (bicyclic) bond motifs is 1.